The maximum absolute atomic E-state index is 14.1. The zero-order valence-electron chi connectivity index (χ0n) is 15.2. The molecule has 0 radical (unpaired) electrons. The molecule has 13 heteroatoms. The molecule has 0 unspecified atom stereocenters. The molecule has 0 bridgehead atoms. The lowest BCUT2D eigenvalue weighted by molar-refractivity contribution is -0.181. The number of carbonyl (C=O) groups excluding carboxylic acids is 1. The van der Waals surface area contributed by atoms with Crippen molar-refractivity contribution in [2.45, 2.75) is 25.1 Å². The number of aliphatic hydroxyl groups is 1. The van der Waals surface area contributed by atoms with E-state index in [4.69, 9.17) is 28.3 Å². The number of aliphatic hydroxyl groups excluding tert-OH is 1. The lowest BCUT2D eigenvalue weighted by Gasteiger charge is -2.28. The van der Waals surface area contributed by atoms with Crippen molar-refractivity contribution < 1.29 is 23.1 Å². The molecule has 158 valence electrons. The van der Waals surface area contributed by atoms with Crippen molar-refractivity contribution in [3.8, 4) is 0 Å². The number of fused-ring (bicyclic) bond motifs is 3. The van der Waals surface area contributed by atoms with Gasteiger partial charge in [0.15, 0.2) is 10.8 Å². The average molecular weight is 461 g/mol. The van der Waals surface area contributed by atoms with Crippen LogP contribution in [0.25, 0.3) is 5.65 Å². The predicted molar refractivity (Wildman–Crippen MR) is 103 cm³/mol. The SMILES string of the molecule is C[C@@]1(C(F)(F)F)CN(C(=O)Nc2cnc(CO)c(Cl)c2)c2cnc3cc(Cl)nn3c21. The molecule has 0 aliphatic carbocycles. The highest BCUT2D eigenvalue weighted by Crippen LogP contribution is 2.50. The number of nitrogens with zero attached hydrogens (tertiary/aromatic N) is 5. The van der Waals surface area contributed by atoms with Crippen molar-refractivity contribution in [3.63, 3.8) is 0 Å². The summed E-state index contributed by atoms with van der Waals surface area (Å²) in [5.41, 5.74) is -2.22. The number of halogens is 5. The number of alkyl halides is 3. The van der Waals surface area contributed by atoms with Crippen LogP contribution in [0.1, 0.15) is 18.3 Å². The Morgan fingerprint density at radius 3 is 2.67 bits per heavy atom. The molecule has 0 saturated heterocycles. The Balaban J connectivity index is 1.77. The van der Waals surface area contributed by atoms with Crippen molar-refractivity contribution in [1.82, 2.24) is 19.6 Å². The number of pyridine rings is 1. The quantitative estimate of drug-likeness (QED) is 0.606. The molecule has 3 aromatic rings. The van der Waals surface area contributed by atoms with Gasteiger partial charge in [-0.3, -0.25) is 9.88 Å². The topological polar surface area (TPSA) is 95.7 Å². The van der Waals surface area contributed by atoms with E-state index in [1.807, 2.05) is 0 Å². The van der Waals surface area contributed by atoms with Crippen LogP contribution in [0, 0.1) is 0 Å². The van der Waals surface area contributed by atoms with Gasteiger partial charge in [0.2, 0.25) is 0 Å². The normalized spacial score (nSPS) is 18.7. The summed E-state index contributed by atoms with van der Waals surface area (Å²) < 4.78 is 43.2. The standard InChI is InChI=1S/C17H13Cl2F3N6O2/c1-16(17(20,21)22)7-27(11-5-24-13-3-12(19)26-28(13)14(11)16)15(30)25-8-2-9(18)10(6-29)23-4-8/h2-5,29H,6-7H2,1H3,(H,25,30)/t16-/m1/s1. The molecule has 4 rings (SSSR count). The Labute approximate surface area is 177 Å². The predicted octanol–water partition coefficient (Wildman–Crippen LogP) is 3.80. The number of carbonyl (C=O) groups is 1. The first kappa shape index (κ1) is 20.6. The number of amides is 2. The van der Waals surface area contributed by atoms with Crippen LogP contribution in [0.3, 0.4) is 0 Å². The van der Waals surface area contributed by atoms with Crippen LogP contribution in [0.4, 0.5) is 29.3 Å². The number of nitrogens with one attached hydrogen (secondary N) is 1. The molecule has 0 spiro atoms. The molecular weight excluding hydrogens is 448 g/mol. The van der Waals surface area contributed by atoms with E-state index in [0.29, 0.717) is 0 Å². The number of anilines is 2. The molecule has 0 aromatic carbocycles. The zero-order valence-corrected chi connectivity index (χ0v) is 16.7. The number of urea groups is 1. The van der Waals surface area contributed by atoms with E-state index < -0.39 is 30.8 Å². The summed E-state index contributed by atoms with van der Waals surface area (Å²) >= 11 is 11.8. The molecule has 30 heavy (non-hydrogen) atoms. The minimum Gasteiger partial charge on any atom is -0.390 e. The first-order valence-corrected chi connectivity index (χ1v) is 9.26. The fraction of sp³-hybridized carbons (Fsp3) is 0.294. The lowest BCUT2D eigenvalue weighted by atomic mass is 9.88. The summed E-state index contributed by atoms with van der Waals surface area (Å²) in [5.74, 6) is 0. The number of aromatic nitrogens is 4. The van der Waals surface area contributed by atoms with Crippen LogP contribution in [-0.2, 0) is 12.0 Å². The summed E-state index contributed by atoms with van der Waals surface area (Å²) in [6.45, 7) is -0.0982. The average Bonchev–Trinajstić information content (AvgIpc) is 3.19. The van der Waals surface area contributed by atoms with Gasteiger partial charge in [-0.05, 0) is 13.0 Å². The zero-order chi connectivity index (χ0) is 21.8. The highest BCUT2D eigenvalue weighted by molar-refractivity contribution is 6.31. The van der Waals surface area contributed by atoms with Crippen LogP contribution in [0.15, 0.2) is 24.5 Å². The molecule has 2 N–H and O–H groups in total. The molecule has 1 aliphatic rings. The first-order chi connectivity index (χ1) is 14.0. The molecular formula is C17H13Cl2F3N6O2. The maximum Gasteiger partial charge on any atom is 0.401 e. The van der Waals surface area contributed by atoms with E-state index in [1.54, 1.807) is 0 Å². The fourth-order valence-corrected chi connectivity index (χ4v) is 3.73. The van der Waals surface area contributed by atoms with Crippen molar-refractivity contribution in [2.75, 3.05) is 16.8 Å². The second-order valence-corrected chi connectivity index (χ2v) is 7.68. The highest BCUT2D eigenvalue weighted by atomic mass is 35.5. The van der Waals surface area contributed by atoms with Gasteiger partial charge in [0.25, 0.3) is 0 Å². The van der Waals surface area contributed by atoms with Gasteiger partial charge in [0.05, 0.1) is 46.8 Å². The Morgan fingerprint density at radius 1 is 1.30 bits per heavy atom. The largest absolute Gasteiger partial charge is 0.401 e. The molecule has 3 aromatic heterocycles. The minimum atomic E-state index is -4.68. The molecule has 4 heterocycles. The lowest BCUT2D eigenvalue weighted by Crippen LogP contribution is -2.46. The van der Waals surface area contributed by atoms with E-state index in [1.165, 1.54) is 24.5 Å². The van der Waals surface area contributed by atoms with Crippen LogP contribution in [0.5, 0.6) is 0 Å². The number of hydrogen-bond donors (Lipinski definition) is 2. The monoisotopic (exact) mass is 460 g/mol. The van der Waals surface area contributed by atoms with Gasteiger partial charge >= 0.3 is 12.2 Å². The van der Waals surface area contributed by atoms with E-state index >= 15 is 0 Å². The number of hydrogen-bond acceptors (Lipinski definition) is 5. The van der Waals surface area contributed by atoms with Gasteiger partial charge in [-0.15, -0.1) is 0 Å². The Hall–Kier alpha value is -2.63. The van der Waals surface area contributed by atoms with Crippen LogP contribution < -0.4 is 10.2 Å². The molecule has 0 saturated carbocycles. The van der Waals surface area contributed by atoms with Gasteiger partial charge in [0, 0.05) is 12.6 Å². The summed E-state index contributed by atoms with van der Waals surface area (Å²) in [7, 11) is 0. The fourth-order valence-electron chi connectivity index (χ4n) is 3.33. The van der Waals surface area contributed by atoms with E-state index in [-0.39, 0.29) is 38.6 Å². The third-order valence-electron chi connectivity index (χ3n) is 4.91. The van der Waals surface area contributed by atoms with Gasteiger partial charge in [0.1, 0.15) is 5.41 Å². The smallest absolute Gasteiger partial charge is 0.390 e. The molecule has 0 fully saturated rings. The Morgan fingerprint density at radius 2 is 2.03 bits per heavy atom. The van der Waals surface area contributed by atoms with E-state index in [0.717, 1.165) is 16.3 Å². The molecule has 2 amide bonds. The summed E-state index contributed by atoms with van der Waals surface area (Å²) in [6, 6.07) is 1.84. The third-order valence-corrected chi connectivity index (χ3v) is 5.42. The maximum atomic E-state index is 14.1. The van der Waals surface area contributed by atoms with E-state index in [9.17, 15) is 18.0 Å². The van der Waals surface area contributed by atoms with Crippen LogP contribution >= 0.6 is 23.2 Å². The second-order valence-electron chi connectivity index (χ2n) is 6.89. The summed E-state index contributed by atoms with van der Waals surface area (Å²) in [6.07, 6.45) is -2.26. The molecule has 8 nitrogen and oxygen atoms in total. The van der Waals surface area contributed by atoms with E-state index in [2.05, 4.69) is 20.4 Å². The van der Waals surface area contributed by atoms with Crippen molar-refractivity contribution in [3.05, 3.63) is 46.1 Å². The van der Waals surface area contributed by atoms with Crippen molar-refractivity contribution >= 4 is 46.3 Å². The van der Waals surface area contributed by atoms with Crippen LogP contribution in [-0.4, -0.2) is 43.4 Å². The molecule has 1 aliphatic heterocycles. The summed E-state index contributed by atoms with van der Waals surface area (Å²) in [4.78, 5) is 21.7. The van der Waals surface area contributed by atoms with Crippen molar-refractivity contribution in [2.24, 2.45) is 0 Å². The minimum absolute atomic E-state index is 0.0204. The van der Waals surface area contributed by atoms with Gasteiger partial charge < -0.3 is 10.4 Å². The van der Waals surface area contributed by atoms with Crippen LogP contribution in [0.2, 0.25) is 10.2 Å². The molecule has 1 atom stereocenters. The number of rotatable bonds is 2. The Bertz CT molecular complexity index is 1170. The van der Waals surface area contributed by atoms with Gasteiger partial charge in [-0.1, -0.05) is 23.2 Å². The highest BCUT2D eigenvalue weighted by Gasteiger charge is 2.60. The summed E-state index contributed by atoms with van der Waals surface area (Å²) in [5, 5.41) is 15.6. The third kappa shape index (κ3) is 3.13. The van der Waals surface area contributed by atoms with Gasteiger partial charge in [-0.25, -0.2) is 14.3 Å². The first-order valence-electron chi connectivity index (χ1n) is 8.50. The Kier molecular flexibility index (Phi) is 4.79. The van der Waals surface area contributed by atoms with Gasteiger partial charge in [-0.2, -0.15) is 18.3 Å². The second kappa shape index (κ2) is 6.96. The van der Waals surface area contributed by atoms with Crippen molar-refractivity contribution in [1.29, 1.82) is 0 Å².